The fraction of sp³-hybridized carbons (Fsp3) is 0.0741. The lowest BCUT2D eigenvalue weighted by Gasteiger charge is -2.21. The van der Waals surface area contributed by atoms with E-state index in [1.165, 1.54) is 30.3 Å². The molecular weight excluding hydrogens is 468 g/mol. The number of hydrogen-bond acceptors (Lipinski definition) is 3. The van der Waals surface area contributed by atoms with Crippen molar-refractivity contribution >= 4 is 33.2 Å². The molecule has 2 N–H and O–H groups in total. The fourth-order valence-corrected chi connectivity index (χ4v) is 4.89. The highest BCUT2D eigenvalue weighted by Crippen LogP contribution is 2.26. The molecule has 5 nitrogen and oxygen atoms in total. The van der Waals surface area contributed by atoms with E-state index in [9.17, 15) is 13.2 Å². The van der Waals surface area contributed by atoms with Crippen LogP contribution in [0.25, 0.3) is 0 Å². The number of rotatable bonds is 7. The van der Waals surface area contributed by atoms with Gasteiger partial charge in [-0.3, -0.25) is 9.52 Å². The highest BCUT2D eigenvalue weighted by Gasteiger charge is 2.20. The molecule has 0 aliphatic rings. The molecular formula is C27H23ClN2O3S. The molecule has 7 heteroatoms. The second kappa shape index (κ2) is 10.1. The number of halogens is 1. The van der Waals surface area contributed by atoms with E-state index in [0.717, 1.165) is 16.7 Å². The van der Waals surface area contributed by atoms with Gasteiger partial charge >= 0.3 is 0 Å². The van der Waals surface area contributed by atoms with Crippen molar-refractivity contribution < 1.29 is 13.2 Å². The Labute approximate surface area is 204 Å². The van der Waals surface area contributed by atoms with Gasteiger partial charge in [-0.1, -0.05) is 90.0 Å². The van der Waals surface area contributed by atoms with Gasteiger partial charge in [0.2, 0.25) is 0 Å². The smallest absolute Gasteiger partial charge is 0.261 e. The number of hydrogen-bond donors (Lipinski definition) is 2. The van der Waals surface area contributed by atoms with E-state index in [4.69, 9.17) is 11.6 Å². The third-order valence-electron chi connectivity index (χ3n) is 5.34. The molecule has 0 aliphatic heterocycles. The number of nitrogens with one attached hydrogen (secondary N) is 2. The summed E-state index contributed by atoms with van der Waals surface area (Å²) in [4.78, 5) is 13.3. The van der Waals surface area contributed by atoms with Crippen LogP contribution in [0.3, 0.4) is 0 Å². The number of carbonyl (C=O) groups is 1. The Kier molecular flexibility index (Phi) is 7.01. The van der Waals surface area contributed by atoms with E-state index in [0.29, 0.717) is 0 Å². The summed E-state index contributed by atoms with van der Waals surface area (Å²) in [6.07, 6.45) is 0. The quantitative estimate of drug-likeness (QED) is 0.335. The van der Waals surface area contributed by atoms with E-state index in [1.54, 1.807) is 18.2 Å². The summed E-state index contributed by atoms with van der Waals surface area (Å²) >= 11 is 6.40. The maximum Gasteiger partial charge on any atom is 0.261 e. The average Bonchev–Trinajstić information content (AvgIpc) is 2.84. The maximum absolute atomic E-state index is 13.2. The molecule has 4 aromatic carbocycles. The summed E-state index contributed by atoms with van der Waals surface area (Å²) in [6, 6.07) is 29.7. The Morgan fingerprint density at radius 2 is 1.38 bits per heavy atom. The molecule has 0 saturated carbocycles. The molecule has 4 rings (SSSR count). The Morgan fingerprint density at radius 3 is 2.00 bits per heavy atom. The molecule has 172 valence electrons. The average molecular weight is 491 g/mol. The van der Waals surface area contributed by atoms with Crippen molar-refractivity contribution in [2.24, 2.45) is 0 Å². The van der Waals surface area contributed by atoms with Crippen molar-refractivity contribution in [3.05, 3.63) is 130 Å². The first kappa shape index (κ1) is 23.5. The third-order valence-corrected chi connectivity index (χ3v) is 7.05. The molecule has 1 atom stereocenters. The largest absolute Gasteiger partial charge is 0.341 e. The lowest BCUT2D eigenvalue weighted by atomic mass is 9.97. The molecule has 0 saturated heterocycles. The summed E-state index contributed by atoms with van der Waals surface area (Å²) in [6.45, 7) is 2.01. The highest BCUT2D eigenvalue weighted by atomic mass is 35.5. The zero-order chi connectivity index (χ0) is 24.1. The minimum atomic E-state index is -3.77. The van der Waals surface area contributed by atoms with E-state index in [1.807, 2.05) is 61.5 Å². The number of amides is 1. The van der Waals surface area contributed by atoms with Crippen LogP contribution in [0.2, 0.25) is 5.02 Å². The molecule has 0 aliphatic carbocycles. The molecule has 0 radical (unpaired) electrons. The number of anilines is 1. The van der Waals surface area contributed by atoms with E-state index < -0.39 is 10.0 Å². The second-order valence-electron chi connectivity index (χ2n) is 7.84. The van der Waals surface area contributed by atoms with Gasteiger partial charge in [-0.25, -0.2) is 8.42 Å². The summed E-state index contributed by atoms with van der Waals surface area (Å²) in [5.74, 6) is -0.364. The first-order valence-electron chi connectivity index (χ1n) is 10.6. The predicted octanol–water partition coefficient (Wildman–Crippen LogP) is 5.97. The van der Waals surface area contributed by atoms with Gasteiger partial charge in [-0.15, -0.1) is 0 Å². The second-order valence-corrected chi connectivity index (χ2v) is 9.93. The van der Waals surface area contributed by atoms with Crippen molar-refractivity contribution in [1.82, 2.24) is 5.32 Å². The lowest BCUT2D eigenvalue weighted by molar-refractivity contribution is 0.0943. The molecule has 1 amide bonds. The maximum atomic E-state index is 13.2. The van der Waals surface area contributed by atoms with E-state index in [2.05, 4.69) is 10.0 Å². The van der Waals surface area contributed by atoms with E-state index >= 15 is 0 Å². The Balaban J connectivity index is 1.57. The van der Waals surface area contributed by atoms with Gasteiger partial charge in [0.15, 0.2) is 0 Å². The monoisotopic (exact) mass is 490 g/mol. The Bertz CT molecular complexity index is 1390. The van der Waals surface area contributed by atoms with E-state index in [-0.39, 0.29) is 33.1 Å². The van der Waals surface area contributed by atoms with Crippen LogP contribution in [0.1, 0.15) is 33.1 Å². The number of sulfonamides is 1. The van der Waals surface area contributed by atoms with Gasteiger partial charge in [0.05, 0.1) is 27.2 Å². The van der Waals surface area contributed by atoms with Gasteiger partial charge in [0.1, 0.15) is 0 Å². The summed E-state index contributed by atoms with van der Waals surface area (Å²) in [5, 5.41) is 3.20. The van der Waals surface area contributed by atoms with Crippen LogP contribution in [0, 0.1) is 6.92 Å². The molecule has 0 spiro atoms. The molecule has 0 heterocycles. The van der Waals surface area contributed by atoms with Gasteiger partial charge in [0.25, 0.3) is 15.9 Å². The van der Waals surface area contributed by atoms with Crippen molar-refractivity contribution in [2.75, 3.05) is 4.72 Å². The fourth-order valence-electron chi connectivity index (χ4n) is 3.55. The predicted molar refractivity (Wildman–Crippen MR) is 136 cm³/mol. The van der Waals surface area contributed by atoms with Crippen LogP contribution >= 0.6 is 11.6 Å². The standard InChI is InChI=1S/C27H23ClN2O3S/c1-19-12-14-21(15-13-19)26(20-8-4-2-5-9-20)29-27(31)24-17-16-22(18-25(24)28)30-34(32,33)23-10-6-3-7-11-23/h2-18,26,30H,1H3,(H,29,31)/t26-/m1/s1. The van der Waals surface area contributed by atoms with Crippen molar-refractivity contribution in [3.63, 3.8) is 0 Å². The normalized spacial score (nSPS) is 12.1. The molecule has 0 bridgehead atoms. The van der Waals surface area contributed by atoms with Gasteiger partial charge in [0, 0.05) is 0 Å². The lowest BCUT2D eigenvalue weighted by Crippen LogP contribution is -2.29. The molecule has 0 fully saturated rings. The Hall–Kier alpha value is -3.61. The number of benzene rings is 4. The molecule has 0 aromatic heterocycles. The van der Waals surface area contributed by atoms with Crippen molar-refractivity contribution in [1.29, 1.82) is 0 Å². The van der Waals surface area contributed by atoms with Crippen LogP contribution in [-0.2, 0) is 10.0 Å². The SMILES string of the molecule is Cc1ccc([C@H](NC(=O)c2ccc(NS(=O)(=O)c3ccccc3)cc2Cl)c2ccccc2)cc1. The molecule has 34 heavy (non-hydrogen) atoms. The van der Waals surface area contributed by atoms with Crippen LogP contribution in [0.4, 0.5) is 5.69 Å². The zero-order valence-corrected chi connectivity index (χ0v) is 20.0. The van der Waals surface area contributed by atoms with Crippen LogP contribution in [-0.4, -0.2) is 14.3 Å². The van der Waals surface area contributed by atoms with Gasteiger partial charge in [-0.05, 0) is 48.4 Å². The topological polar surface area (TPSA) is 75.3 Å². The van der Waals surface area contributed by atoms with Crippen LogP contribution in [0.15, 0.2) is 108 Å². The zero-order valence-electron chi connectivity index (χ0n) is 18.4. The number of aryl methyl sites for hydroxylation is 1. The van der Waals surface area contributed by atoms with Gasteiger partial charge in [-0.2, -0.15) is 0 Å². The molecule has 4 aromatic rings. The Morgan fingerprint density at radius 1 is 0.794 bits per heavy atom. The van der Waals surface area contributed by atoms with Crippen molar-refractivity contribution in [2.45, 2.75) is 17.9 Å². The van der Waals surface area contributed by atoms with Gasteiger partial charge < -0.3 is 5.32 Å². The summed E-state index contributed by atoms with van der Waals surface area (Å²) < 4.78 is 27.7. The van der Waals surface area contributed by atoms with Crippen LogP contribution in [0.5, 0.6) is 0 Å². The summed E-state index contributed by atoms with van der Waals surface area (Å²) in [5.41, 5.74) is 3.51. The minimum absolute atomic E-state index is 0.136. The highest BCUT2D eigenvalue weighted by molar-refractivity contribution is 7.92. The first-order chi connectivity index (χ1) is 16.3. The minimum Gasteiger partial charge on any atom is -0.341 e. The van der Waals surface area contributed by atoms with Crippen molar-refractivity contribution in [3.8, 4) is 0 Å². The third kappa shape index (κ3) is 5.47. The summed E-state index contributed by atoms with van der Waals surface area (Å²) in [7, 11) is -3.77. The molecule has 0 unspecified atom stereocenters. The number of carbonyl (C=O) groups excluding carboxylic acids is 1. The van der Waals surface area contributed by atoms with Crippen LogP contribution < -0.4 is 10.0 Å². The first-order valence-corrected chi connectivity index (χ1v) is 12.5.